The number of carbonyl (C=O) groups is 1. The van der Waals surface area contributed by atoms with E-state index in [9.17, 15) is 14.0 Å². The smallest absolute Gasteiger partial charge is 0.274 e. The zero-order valence-corrected chi connectivity index (χ0v) is 20.0. The van der Waals surface area contributed by atoms with E-state index in [1.807, 2.05) is 20.0 Å². The van der Waals surface area contributed by atoms with Crippen molar-refractivity contribution < 1.29 is 18.7 Å². The van der Waals surface area contributed by atoms with Crippen LogP contribution in [0.4, 0.5) is 10.1 Å². The number of anilines is 1. The first kappa shape index (κ1) is 22.2. The minimum atomic E-state index is -1.03. The third kappa shape index (κ3) is 3.71. The lowest BCUT2D eigenvalue weighted by Gasteiger charge is -2.24. The van der Waals surface area contributed by atoms with Gasteiger partial charge in [-0.3, -0.25) is 14.0 Å². The molecule has 0 radical (unpaired) electrons. The van der Waals surface area contributed by atoms with Crippen LogP contribution in [0.3, 0.4) is 0 Å². The first-order chi connectivity index (χ1) is 16.7. The lowest BCUT2D eigenvalue weighted by atomic mass is 9.84. The molecule has 1 N–H and O–H groups in total. The molecule has 3 fully saturated rings. The van der Waals surface area contributed by atoms with E-state index in [2.05, 4.69) is 17.2 Å². The van der Waals surface area contributed by atoms with Crippen LogP contribution in [0.15, 0.2) is 35.5 Å². The number of amides is 1. The summed E-state index contributed by atoms with van der Waals surface area (Å²) in [5, 5.41) is 2.67. The Morgan fingerprint density at radius 1 is 1.31 bits per heavy atom. The van der Waals surface area contributed by atoms with Gasteiger partial charge in [0.2, 0.25) is 11.7 Å². The van der Waals surface area contributed by atoms with Gasteiger partial charge in [-0.2, -0.15) is 4.98 Å². The molecule has 9 nitrogen and oxygen atoms in total. The SMILES string of the molecule is CC(C)Oc1nc2nc([C@]34CC[C@](C)(C3)OC4)cn2cc1C(=O)Nc1cccn([C@@H]2C[C@@H]2F)c1=O. The second-order valence-corrected chi connectivity index (χ2v) is 10.6. The molecule has 2 aliphatic carbocycles. The van der Waals surface area contributed by atoms with E-state index < -0.39 is 23.7 Å². The predicted molar refractivity (Wildman–Crippen MR) is 126 cm³/mol. The molecular formula is C25H28FN5O4. The second kappa shape index (κ2) is 7.61. The van der Waals surface area contributed by atoms with Gasteiger partial charge in [-0.1, -0.05) is 0 Å². The van der Waals surface area contributed by atoms with Gasteiger partial charge in [0.1, 0.15) is 17.4 Å². The van der Waals surface area contributed by atoms with Gasteiger partial charge >= 0.3 is 0 Å². The fourth-order valence-electron chi connectivity index (χ4n) is 5.37. The Hall–Kier alpha value is -3.27. The maximum absolute atomic E-state index is 13.5. The number of nitrogens with one attached hydrogen (secondary N) is 1. The molecule has 2 bridgehead atoms. The molecular weight excluding hydrogens is 453 g/mol. The highest BCUT2D eigenvalue weighted by atomic mass is 19.1. The topological polar surface area (TPSA) is 99.8 Å². The van der Waals surface area contributed by atoms with Crippen molar-refractivity contribution in [2.24, 2.45) is 0 Å². The number of imidazole rings is 1. The van der Waals surface area contributed by atoms with Gasteiger partial charge in [-0.05, 0) is 52.2 Å². The Bertz CT molecular complexity index is 1390. The summed E-state index contributed by atoms with van der Waals surface area (Å²) in [5.74, 6) is 0.0382. The minimum absolute atomic E-state index is 0.0748. The third-order valence-electron chi connectivity index (χ3n) is 7.35. The minimum Gasteiger partial charge on any atom is -0.474 e. The Morgan fingerprint density at radius 3 is 2.74 bits per heavy atom. The van der Waals surface area contributed by atoms with Crippen LogP contribution in [0.2, 0.25) is 0 Å². The first-order valence-electron chi connectivity index (χ1n) is 12.0. The van der Waals surface area contributed by atoms with Crippen molar-refractivity contribution in [1.29, 1.82) is 0 Å². The maximum atomic E-state index is 13.5. The van der Waals surface area contributed by atoms with Gasteiger partial charge in [0.15, 0.2) is 0 Å². The molecule has 10 heteroatoms. The van der Waals surface area contributed by atoms with E-state index in [4.69, 9.17) is 14.5 Å². The lowest BCUT2D eigenvalue weighted by molar-refractivity contribution is -0.00627. The molecule has 3 aliphatic rings. The second-order valence-electron chi connectivity index (χ2n) is 10.6. The fourth-order valence-corrected chi connectivity index (χ4v) is 5.37. The van der Waals surface area contributed by atoms with Crippen molar-refractivity contribution in [1.82, 2.24) is 18.9 Å². The Labute approximate surface area is 201 Å². The molecule has 35 heavy (non-hydrogen) atoms. The number of nitrogens with zero attached hydrogens (tertiary/aromatic N) is 4. The zero-order chi connectivity index (χ0) is 24.5. The number of hydrogen-bond donors (Lipinski definition) is 1. The number of carbonyl (C=O) groups excluding carboxylic acids is 1. The van der Waals surface area contributed by atoms with Crippen LogP contribution >= 0.6 is 0 Å². The van der Waals surface area contributed by atoms with Crippen molar-refractivity contribution in [2.75, 3.05) is 11.9 Å². The average Bonchev–Trinajstić information content (AvgIpc) is 3.12. The average molecular weight is 482 g/mol. The van der Waals surface area contributed by atoms with Crippen LogP contribution in [-0.4, -0.2) is 49.3 Å². The molecule has 0 unspecified atom stereocenters. The van der Waals surface area contributed by atoms with Crippen molar-refractivity contribution in [3.05, 3.63) is 52.3 Å². The summed E-state index contributed by atoms with van der Waals surface area (Å²) >= 11 is 0. The summed E-state index contributed by atoms with van der Waals surface area (Å²) < 4.78 is 28.5. The Morgan fingerprint density at radius 2 is 2.11 bits per heavy atom. The lowest BCUT2D eigenvalue weighted by Crippen LogP contribution is -2.26. The van der Waals surface area contributed by atoms with Gasteiger partial charge in [-0.25, -0.2) is 9.37 Å². The fraction of sp³-hybridized carbons (Fsp3) is 0.520. The largest absolute Gasteiger partial charge is 0.474 e. The molecule has 2 saturated carbocycles. The van der Waals surface area contributed by atoms with Gasteiger partial charge in [0.05, 0.1) is 30.0 Å². The van der Waals surface area contributed by atoms with E-state index >= 15 is 0 Å². The van der Waals surface area contributed by atoms with Gasteiger partial charge in [-0.15, -0.1) is 0 Å². The molecule has 0 spiro atoms. The summed E-state index contributed by atoms with van der Waals surface area (Å²) in [6, 6.07) is 2.65. The number of fused-ring (bicyclic) bond motifs is 3. The highest BCUT2D eigenvalue weighted by Gasteiger charge is 2.55. The van der Waals surface area contributed by atoms with Crippen LogP contribution in [-0.2, 0) is 10.2 Å². The predicted octanol–water partition coefficient (Wildman–Crippen LogP) is 3.42. The summed E-state index contributed by atoms with van der Waals surface area (Å²) in [6.07, 6.45) is 7.01. The van der Waals surface area contributed by atoms with E-state index in [0.29, 0.717) is 18.8 Å². The molecule has 3 aromatic rings. The van der Waals surface area contributed by atoms with Crippen LogP contribution in [0.5, 0.6) is 5.88 Å². The number of hydrogen-bond acceptors (Lipinski definition) is 6. The van der Waals surface area contributed by atoms with Crippen molar-refractivity contribution in [3.8, 4) is 5.88 Å². The molecule has 3 aromatic heterocycles. The van der Waals surface area contributed by atoms with Crippen molar-refractivity contribution >= 4 is 17.4 Å². The molecule has 0 aromatic carbocycles. The summed E-state index contributed by atoms with van der Waals surface area (Å²) in [4.78, 5) is 35.4. The van der Waals surface area contributed by atoms with Gasteiger partial charge < -0.3 is 19.4 Å². The van der Waals surface area contributed by atoms with Crippen LogP contribution in [0.25, 0.3) is 5.78 Å². The monoisotopic (exact) mass is 481 g/mol. The highest BCUT2D eigenvalue weighted by molar-refractivity contribution is 6.05. The third-order valence-corrected chi connectivity index (χ3v) is 7.35. The van der Waals surface area contributed by atoms with E-state index in [1.54, 1.807) is 16.7 Å². The Balaban J connectivity index is 1.35. The summed E-state index contributed by atoms with van der Waals surface area (Å²) in [5.41, 5.74) is 0.458. The standard InChI is InChI=1S/C25H28FN5O4/c1-14(2)35-21-15(20(32)27-17-5-4-8-31(22(17)33)18-9-16(18)26)10-30-11-19(28-23(30)29-21)25-7-6-24(3,12-25)34-13-25/h4-5,8,10-11,14,16,18H,6-7,9,12-13H2,1-3H3,(H,27,32)/t16-,18+,24+,25+/m0/s1. The number of aromatic nitrogens is 4. The number of pyridine rings is 1. The molecule has 4 heterocycles. The number of ether oxygens (including phenoxy) is 2. The molecule has 6 rings (SSSR count). The van der Waals surface area contributed by atoms with Gasteiger partial charge in [0, 0.05) is 30.4 Å². The molecule has 1 amide bonds. The number of alkyl halides is 1. The number of halogens is 1. The number of rotatable bonds is 6. The molecule has 4 atom stereocenters. The quantitative estimate of drug-likeness (QED) is 0.579. The molecule has 1 aliphatic heterocycles. The normalized spacial score (nSPS) is 29.2. The van der Waals surface area contributed by atoms with E-state index in [1.165, 1.54) is 16.8 Å². The Kier molecular flexibility index (Phi) is 4.83. The van der Waals surface area contributed by atoms with E-state index in [-0.39, 0.29) is 34.3 Å². The zero-order valence-electron chi connectivity index (χ0n) is 20.0. The maximum Gasteiger partial charge on any atom is 0.274 e. The van der Waals surface area contributed by atoms with Crippen molar-refractivity contribution in [2.45, 2.75) is 75.8 Å². The molecule has 184 valence electrons. The van der Waals surface area contributed by atoms with Crippen LogP contribution in [0, 0.1) is 0 Å². The van der Waals surface area contributed by atoms with Crippen LogP contribution < -0.4 is 15.6 Å². The first-order valence-corrected chi connectivity index (χ1v) is 12.0. The van der Waals surface area contributed by atoms with Crippen LogP contribution in [0.1, 0.15) is 68.5 Å². The van der Waals surface area contributed by atoms with Gasteiger partial charge in [0.25, 0.3) is 11.5 Å². The molecule has 1 saturated heterocycles. The van der Waals surface area contributed by atoms with Crippen molar-refractivity contribution in [3.63, 3.8) is 0 Å². The highest BCUT2D eigenvalue weighted by Crippen LogP contribution is 2.53. The van der Waals surface area contributed by atoms with E-state index in [0.717, 1.165) is 25.0 Å². The summed E-state index contributed by atoms with van der Waals surface area (Å²) in [6.45, 7) is 6.45. The summed E-state index contributed by atoms with van der Waals surface area (Å²) in [7, 11) is 0.